The van der Waals surface area contributed by atoms with Crippen LogP contribution in [0.5, 0.6) is 0 Å². The molecule has 0 fully saturated rings. The van der Waals surface area contributed by atoms with Gasteiger partial charge >= 0.3 is 0 Å². The predicted molar refractivity (Wildman–Crippen MR) is 50.4 cm³/mol. The lowest BCUT2D eigenvalue weighted by molar-refractivity contribution is 0.537. The van der Waals surface area contributed by atoms with Crippen LogP contribution in [-0.4, -0.2) is 25.0 Å². The highest BCUT2D eigenvalue weighted by Crippen LogP contribution is 1.96. The van der Waals surface area contributed by atoms with E-state index in [1.807, 2.05) is 33.2 Å². The summed E-state index contributed by atoms with van der Waals surface area (Å²) in [6.45, 7) is 6.09. The Hall–Kier alpha value is -0.860. The fourth-order valence-electron chi connectivity index (χ4n) is 0.655. The van der Waals surface area contributed by atoms with Crippen molar-refractivity contribution in [1.82, 2.24) is 5.43 Å². The molecule has 11 heavy (non-hydrogen) atoms. The highest BCUT2D eigenvalue weighted by molar-refractivity contribution is 5.69. The summed E-state index contributed by atoms with van der Waals surface area (Å²) in [5.41, 5.74) is 2.84. The third-order valence-corrected chi connectivity index (χ3v) is 1.08. The maximum atomic E-state index is 4.01. The summed E-state index contributed by atoms with van der Waals surface area (Å²) in [6.07, 6.45) is 4.62. The normalized spacial score (nSPS) is 13.1. The summed E-state index contributed by atoms with van der Waals surface area (Å²) in [4.78, 5) is 3.92. The van der Waals surface area contributed by atoms with Gasteiger partial charge in [0.15, 0.2) is 0 Å². The number of nitrogens with one attached hydrogen (secondary N) is 1. The number of hydrazone groups is 1. The van der Waals surface area contributed by atoms with Gasteiger partial charge < -0.3 is 0 Å². The minimum absolute atomic E-state index is 0.138. The van der Waals surface area contributed by atoms with Gasteiger partial charge in [0.25, 0.3) is 0 Å². The van der Waals surface area contributed by atoms with E-state index in [1.165, 1.54) is 0 Å². The lowest BCUT2D eigenvalue weighted by Crippen LogP contribution is -2.37. The van der Waals surface area contributed by atoms with Crippen LogP contribution in [0.2, 0.25) is 0 Å². The van der Waals surface area contributed by atoms with Gasteiger partial charge in [0.2, 0.25) is 0 Å². The second-order valence-electron chi connectivity index (χ2n) is 2.94. The van der Waals surface area contributed by atoms with E-state index in [2.05, 4.69) is 15.5 Å². The highest BCUT2D eigenvalue weighted by atomic mass is 15.3. The summed E-state index contributed by atoms with van der Waals surface area (Å²) < 4.78 is 0. The van der Waals surface area contributed by atoms with Crippen molar-refractivity contribution in [1.29, 1.82) is 0 Å². The van der Waals surface area contributed by atoms with Crippen molar-refractivity contribution >= 4 is 12.4 Å². The molecule has 0 aromatic rings. The first-order chi connectivity index (χ1) is 5.12. The molecule has 0 aromatic carbocycles. The fourth-order valence-corrected chi connectivity index (χ4v) is 0.655. The topological polar surface area (TPSA) is 36.8 Å². The molecular weight excluding hydrogens is 138 g/mol. The molecule has 0 saturated carbocycles. The SMILES string of the molecule is CC/C=N\NC(C)(C)C=NC. The number of hydrogen-bond acceptors (Lipinski definition) is 3. The van der Waals surface area contributed by atoms with Crippen molar-refractivity contribution < 1.29 is 0 Å². The standard InChI is InChI=1S/C8H17N3/c1-5-6-10-11-8(2,3)7-9-4/h6-7,11H,5H2,1-4H3/b9-7?,10-6-. The average molecular weight is 155 g/mol. The molecule has 0 aromatic heterocycles. The van der Waals surface area contributed by atoms with Gasteiger partial charge in [0.05, 0.1) is 5.54 Å². The van der Waals surface area contributed by atoms with Crippen LogP contribution in [-0.2, 0) is 0 Å². The Morgan fingerprint density at radius 3 is 2.55 bits per heavy atom. The number of nitrogens with zero attached hydrogens (tertiary/aromatic N) is 2. The van der Waals surface area contributed by atoms with Gasteiger partial charge in [-0.2, -0.15) is 5.10 Å². The van der Waals surface area contributed by atoms with Crippen LogP contribution in [0, 0.1) is 0 Å². The second-order valence-corrected chi connectivity index (χ2v) is 2.94. The fraction of sp³-hybridized carbons (Fsp3) is 0.750. The molecule has 0 aliphatic heterocycles. The van der Waals surface area contributed by atoms with Crippen molar-refractivity contribution in [2.45, 2.75) is 32.7 Å². The Labute approximate surface area is 68.6 Å². The van der Waals surface area contributed by atoms with Gasteiger partial charge in [-0.15, -0.1) is 0 Å². The molecule has 0 aliphatic rings. The Kier molecular flexibility index (Phi) is 4.50. The lowest BCUT2D eigenvalue weighted by atomic mass is 10.1. The summed E-state index contributed by atoms with van der Waals surface area (Å²) in [5.74, 6) is 0. The Morgan fingerprint density at radius 1 is 1.45 bits per heavy atom. The van der Waals surface area contributed by atoms with Crippen LogP contribution in [0.1, 0.15) is 27.2 Å². The molecule has 0 amide bonds. The quantitative estimate of drug-likeness (QED) is 0.484. The van der Waals surface area contributed by atoms with Crippen molar-refractivity contribution in [2.24, 2.45) is 10.1 Å². The van der Waals surface area contributed by atoms with Crippen LogP contribution >= 0.6 is 0 Å². The molecule has 0 unspecified atom stereocenters. The van der Waals surface area contributed by atoms with Gasteiger partial charge in [0.1, 0.15) is 0 Å². The third kappa shape index (κ3) is 5.58. The van der Waals surface area contributed by atoms with Gasteiger partial charge in [-0.25, -0.2) is 0 Å². The molecule has 0 radical (unpaired) electrons. The Bertz CT molecular complexity index is 147. The molecule has 64 valence electrons. The molecule has 0 bridgehead atoms. The zero-order valence-electron chi connectivity index (χ0n) is 7.76. The zero-order chi connectivity index (χ0) is 8.74. The van der Waals surface area contributed by atoms with E-state index >= 15 is 0 Å². The molecule has 0 rings (SSSR count). The third-order valence-electron chi connectivity index (χ3n) is 1.08. The summed E-state index contributed by atoms with van der Waals surface area (Å²) >= 11 is 0. The van der Waals surface area contributed by atoms with E-state index in [9.17, 15) is 0 Å². The molecule has 3 nitrogen and oxygen atoms in total. The van der Waals surface area contributed by atoms with E-state index in [0.717, 1.165) is 6.42 Å². The van der Waals surface area contributed by atoms with Crippen LogP contribution in [0.4, 0.5) is 0 Å². The average Bonchev–Trinajstić information content (AvgIpc) is 1.87. The Morgan fingerprint density at radius 2 is 2.09 bits per heavy atom. The van der Waals surface area contributed by atoms with Gasteiger partial charge in [-0.05, 0) is 20.3 Å². The minimum atomic E-state index is -0.138. The number of rotatable bonds is 4. The molecule has 0 spiro atoms. The van der Waals surface area contributed by atoms with E-state index in [4.69, 9.17) is 0 Å². The number of aliphatic imine (C=N–C) groups is 1. The Balaban J connectivity index is 3.81. The largest absolute Gasteiger partial charge is 0.299 e. The first-order valence-electron chi connectivity index (χ1n) is 3.84. The van der Waals surface area contributed by atoms with Crippen LogP contribution in [0.15, 0.2) is 10.1 Å². The molecule has 3 heteroatoms. The first kappa shape index (κ1) is 10.1. The summed E-state index contributed by atoms with van der Waals surface area (Å²) in [6, 6.07) is 0. The first-order valence-corrected chi connectivity index (χ1v) is 3.84. The minimum Gasteiger partial charge on any atom is -0.299 e. The van der Waals surface area contributed by atoms with E-state index < -0.39 is 0 Å². The summed E-state index contributed by atoms with van der Waals surface area (Å²) in [5, 5.41) is 4.01. The van der Waals surface area contributed by atoms with E-state index in [1.54, 1.807) is 7.05 Å². The second kappa shape index (κ2) is 4.88. The number of hydrogen-bond donors (Lipinski definition) is 1. The molecular formula is C8H17N3. The van der Waals surface area contributed by atoms with Crippen LogP contribution in [0.25, 0.3) is 0 Å². The monoisotopic (exact) mass is 155 g/mol. The summed E-state index contributed by atoms with van der Waals surface area (Å²) in [7, 11) is 1.76. The maximum Gasteiger partial charge on any atom is 0.0837 e. The highest BCUT2D eigenvalue weighted by Gasteiger charge is 2.10. The van der Waals surface area contributed by atoms with Gasteiger partial charge in [-0.3, -0.25) is 10.4 Å². The van der Waals surface area contributed by atoms with Crippen molar-refractivity contribution in [3.63, 3.8) is 0 Å². The van der Waals surface area contributed by atoms with E-state index in [-0.39, 0.29) is 5.54 Å². The lowest BCUT2D eigenvalue weighted by Gasteiger charge is -2.17. The predicted octanol–water partition coefficient (Wildman–Crippen LogP) is 1.45. The molecule has 0 atom stereocenters. The molecule has 0 saturated heterocycles. The smallest absolute Gasteiger partial charge is 0.0837 e. The maximum absolute atomic E-state index is 4.01. The molecule has 1 N–H and O–H groups in total. The van der Waals surface area contributed by atoms with Crippen molar-refractivity contribution in [3.05, 3.63) is 0 Å². The van der Waals surface area contributed by atoms with Gasteiger partial charge in [-0.1, -0.05) is 6.92 Å². The van der Waals surface area contributed by atoms with Crippen molar-refractivity contribution in [2.75, 3.05) is 7.05 Å². The molecule has 0 aliphatic carbocycles. The van der Waals surface area contributed by atoms with E-state index in [0.29, 0.717) is 0 Å². The van der Waals surface area contributed by atoms with Crippen LogP contribution in [0.3, 0.4) is 0 Å². The zero-order valence-corrected chi connectivity index (χ0v) is 7.76. The van der Waals surface area contributed by atoms with Crippen LogP contribution < -0.4 is 5.43 Å². The van der Waals surface area contributed by atoms with Crippen molar-refractivity contribution in [3.8, 4) is 0 Å². The van der Waals surface area contributed by atoms with Gasteiger partial charge in [0, 0.05) is 19.5 Å². The molecule has 0 heterocycles.